The summed E-state index contributed by atoms with van der Waals surface area (Å²) in [6.45, 7) is 4.72. The highest BCUT2D eigenvalue weighted by atomic mass is 31.2. The highest BCUT2D eigenvalue weighted by molar-refractivity contribution is 7.50. The van der Waals surface area contributed by atoms with Crippen molar-refractivity contribution in [2.45, 2.75) is 71.0 Å². The molecule has 3 unspecified atom stereocenters. The number of aliphatic hydroxyl groups is 2. The number of carbonyl (C=O) groups is 1. The van der Waals surface area contributed by atoms with E-state index in [1.165, 1.54) is 0 Å². The second-order valence-corrected chi connectivity index (χ2v) is 12.3. The predicted molar refractivity (Wildman–Crippen MR) is 147 cm³/mol. The van der Waals surface area contributed by atoms with E-state index in [1.807, 2.05) is 30.3 Å². The number of esters is 1. The van der Waals surface area contributed by atoms with Crippen molar-refractivity contribution in [3.8, 4) is 11.4 Å². The fourth-order valence-electron chi connectivity index (χ4n) is 5.36. The molecule has 0 saturated carbocycles. The minimum Gasteiger partial charge on any atom is -0.458 e. The Morgan fingerprint density at radius 2 is 1.82 bits per heavy atom. The lowest BCUT2D eigenvalue weighted by Crippen LogP contribution is -2.47. The Labute approximate surface area is 231 Å². The maximum Gasteiger partial charge on any atom is 0.407 e. The van der Waals surface area contributed by atoms with Crippen molar-refractivity contribution in [3.63, 3.8) is 0 Å². The molecule has 0 fully saturated rings. The van der Waals surface area contributed by atoms with Gasteiger partial charge in [-0.15, -0.1) is 0 Å². The quantitative estimate of drug-likeness (QED) is 0.191. The van der Waals surface area contributed by atoms with Crippen molar-refractivity contribution >= 4 is 24.6 Å². The predicted octanol–water partition coefficient (Wildman–Crippen LogP) is 3.05. The largest absolute Gasteiger partial charge is 0.458 e. The third-order valence-electron chi connectivity index (χ3n) is 7.63. The molecule has 2 aliphatic rings. The van der Waals surface area contributed by atoms with Crippen LogP contribution in [0.25, 0.3) is 22.3 Å². The number of benzene rings is 1. The van der Waals surface area contributed by atoms with Crippen LogP contribution in [-0.4, -0.2) is 60.6 Å². The number of pyridine rings is 2. The Morgan fingerprint density at radius 3 is 2.48 bits per heavy atom. The normalized spacial score (nSPS) is 20.9. The lowest BCUT2D eigenvalue weighted by molar-refractivity contribution is -0.170. The van der Waals surface area contributed by atoms with Crippen LogP contribution in [0.2, 0.25) is 0 Å². The van der Waals surface area contributed by atoms with Gasteiger partial charge in [-0.3, -0.25) is 9.32 Å². The summed E-state index contributed by atoms with van der Waals surface area (Å²) >= 11 is 0. The molecule has 0 spiro atoms. The molecular weight excluding hydrogens is 537 g/mol. The van der Waals surface area contributed by atoms with Crippen LogP contribution < -0.4 is 5.56 Å². The van der Waals surface area contributed by atoms with Crippen LogP contribution in [0.4, 0.5) is 0 Å². The first-order chi connectivity index (χ1) is 19.0. The van der Waals surface area contributed by atoms with E-state index in [4.69, 9.17) is 14.2 Å². The van der Waals surface area contributed by atoms with E-state index < -0.39 is 31.5 Å². The van der Waals surface area contributed by atoms with Crippen LogP contribution in [0, 0.1) is 0 Å². The molecule has 3 aromatic rings. The average Bonchev–Trinajstić information content (AvgIpc) is 3.26. The van der Waals surface area contributed by atoms with Gasteiger partial charge in [0, 0.05) is 29.6 Å². The van der Waals surface area contributed by atoms with Gasteiger partial charge in [-0.1, -0.05) is 25.1 Å². The van der Waals surface area contributed by atoms with Crippen LogP contribution in [-0.2, 0) is 37.4 Å². The Morgan fingerprint density at radius 1 is 1.15 bits per heavy atom. The van der Waals surface area contributed by atoms with Gasteiger partial charge in [0.1, 0.15) is 6.61 Å². The van der Waals surface area contributed by atoms with E-state index in [9.17, 15) is 29.3 Å². The molecule has 4 atom stereocenters. The van der Waals surface area contributed by atoms with Gasteiger partial charge in [-0.2, -0.15) is 0 Å². The number of nitrogens with zero attached hydrogens (tertiary/aromatic N) is 3. The molecule has 214 valence electrons. The highest BCUT2D eigenvalue weighted by Gasteiger charge is 2.53. The summed E-state index contributed by atoms with van der Waals surface area (Å²) in [4.78, 5) is 43.1. The van der Waals surface area contributed by atoms with E-state index in [-0.39, 0.29) is 55.6 Å². The van der Waals surface area contributed by atoms with E-state index in [0.717, 1.165) is 21.1 Å². The summed E-state index contributed by atoms with van der Waals surface area (Å²) in [6, 6.07) is 11.3. The molecule has 5 rings (SSSR count). The van der Waals surface area contributed by atoms with Crippen molar-refractivity contribution in [1.82, 2.24) is 14.2 Å². The first-order valence-electron chi connectivity index (χ1n) is 13.5. The fourth-order valence-corrected chi connectivity index (χ4v) is 6.92. The molecule has 2 aliphatic heterocycles. The standard InChI is InChI=1S/C28H34N3O8P/c1-4-28(39-40(36,37)30(11-9-17(2)32)12-10-18(3)33)22-14-24-25-20(13-19-7-5-6-8-23(19)29-25)15-31(24)26(34)21(22)16-38-27(28)35/h5-8,13-14,17-18,32-33H,4,9-12,15-16H2,1-3H3,(H,36,37)/t17?,18?,28-/m0/s1. The molecule has 40 heavy (non-hydrogen) atoms. The van der Waals surface area contributed by atoms with Gasteiger partial charge in [0.2, 0.25) is 5.60 Å². The number of rotatable bonds is 10. The van der Waals surface area contributed by atoms with Crippen molar-refractivity contribution < 1.29 is 33.7 Å². The van der Waals surface area contributed by atoms with Crippen LogP contribution in [0.3, 0.4) is 0 Å². The van der Waals surface area contributed by atoms with Gasteiger partial charge in [0.25, 0.3) is 5.56 Å². The SMILES string of the molecule is CC[C@@]1(OP(=O)(O)N(CCC(C)O)CCC(C)O)C(=O)OCc2c1cc1n(c2=O)Cc2cc3ccccc3nc2-1. The molecule has 12 heteroatoms. The third-order valence-corrected chi connectivity index (χ3v) is 9.29. The van der Waals surface area contributed by atoms with Crippen molar-refractivity contribution in [3.05, 3.63) is 63.4 Å². The van der Waals surface area contributed by atoms with Gasteiger partial charge in [-0.05, 0) is 51.3 Å². The maximum absolute atomic E-state index is 13.8. The molecule has 2 aromatic heterocycles. The van der Waals surface area contributed by atoms with Crippen molar-refractivity contribution in [2.24, 2.45) is 0 Å². The lowest BCUT2D eigenvalue weighted by atomic mass is 9.86. The van der Waals surface area contributed by atoms with Gasteiger partial charge < -0.3 is 24.4 Å². The molecule has 3 N–H and O–H groups in total. The molecule has 4 heterocycles. The van der Waals surface area contributed by atoms with Crippen molar-refractivity contribution in [1.29, 1.82) is 0 Å². The zero-order valence-corrected chi connectivity index (χ0v) is 23.6. The van der Waals surface area contributed by atoms with Crippen LogP contribution in [0.15, 0.2) is 41.2 Å². The number of hydrogen-bond acceptors (Lipinski definition) is 8. The first-order valence-corrected chi connectivity index (χ1v) is 15.0. The molecule has 0 amide bonds. The smallest absolute Gasteiger partial charge is 0.407 e. The zero-order chi connectivity index (χ0) is 28.8. The molecule has 0 saturated heterocycles. The van der Waals surface area contributed by atoms with E-state index in [0.29, 0.717) is 17.9 Å². The number of aliphatic hydroxyl groups excluding tert-OH is 2. The lowest BCUT2D eigenvalue weighted by Gasteiger charge is -2.39. The summed E-state index contributed by atoms with van der Waals surface area (Å²) in [5, 5.41) is 20.5. The summed E-state index contributed by atoms with van der Waals surface area (Å²) in [5.41, 5.74) is 0.662. The topological polar surface area (TPSA) is 151 Å². The van der Waals surface area contributed by atoms with Crippen LogP contribution in [0.1, 0.15) is 56.7 Å². The minimum atomic E-state index is -4.71. The van der Waals surface area contributed by atoms with Crippen LogP contribution in [0.5, 0.6) is 0 Å². The number of aromatic nitrogens is 2. The second kappa shape index (κ2) is 10.8. The highest BCUT2D eigenvalue weighted by Crippen LogP contribution is 2.55. The third kappa shape index (κ3) is 5.02. The van der Waals surface area contributed by atoms with E-state index in [1.54, 1.807) is 31.4 Å². The Hall–Kier alpha value is -2.92. The molecule has 0 aliphatic carbocycles. The van der Waals surface area contributed by atoms with E-state index >= 15 is 0 Å². The number of hydrogen-bond donors (Lipinski definition) is 3. The molecular formula is C28H34N3O8P. The summed E-state index contributed by atoms with van der Waals surface area (Å²) < 4.78 is 27.8. The number of carbonyl (C=O) groups excluding carboxylic acids is 1. The number of fused-ring (bicyclic) bond motifs is 5. The van der Waals surface area contributed by atoms with Gasteiger partial charge >= 0.3 is 13.7 Å². The second-order valence-electron chi connectivity index (χ2n) is 10.6. The molecule has 11 nitrogen and oxygen atoms in total. The summed E-state index contributed by atoms with van der Waals surface area (Å²) in [6.07, 6.45) is -1.25. The number of cyclic esters (lactones) is 1. The summed E-state index contributed by atoms with van der Waals surface area (Å²) in [5.74, 6) is -0.864. The monoisotopic (exact) mass is 571 g/mol. The fraction of sp³-hybridized carbons (Fsp3) is 0.464. The van der Waals surface area contributed by atoms with Crippen LogP contribution >= 0.6 is 7.75 Å². The number of para-hydroxylation sites is 1. The van der Waals surface area contributed by atoms with Crippen molar-refractivity contribution in [2.75, 3.05) is 13.1 Å². The van der Waals surface area contributed by atoms with Gasteiger partial charge in [0.05, 0.1) is 41.2 Å². The average molecular weight is 572 g/mol. The number of ether oxygens (including phenoxy) is 1. The zero-order valence-electron chi connectivity index (χ0n) is 22.7. The Kier molecular flexibility index (Phi) is 7.73. The van der Waals surface area contributed by atoms with E-state index in [2.05, 4.69) is 0 Å². The molecule has 1 aromatic carbocycles. The van der Waals surface area contributed by atoms with Gasteiger partial charge in [0.15, 0.2) is 0 Å². The summed E-state index contributed by atoms with van der Waals surface area (Å²) in [7, 11) is -4.71. The Bertz CT molecular complexity index is 1560. The molecule has 0 bridgehead atoms. The first kappa shape index (κ1) is 28.6. The molecule has 0 radical (unpaired) electrons. The van der Waals surface area contributed by atoms with Gasteiger partial charge in [-0.25, -0.2) is 19.0 Å². The maximum atomic E-state index is 13.8. The minimum absolute atomic E-state index is 0.0168. The Balaban J connectivity index is 1.61.